The van der Waals surface area contributed by atoms with Crippen molar-refractivity contribution in [3.05, 3.63) is 59.7 Å². The molecular formula is C23H28N2. The lowest BCUT2D eigenvalue weighted by atomic mass is 9.84. The maximum atomic E-state index is 2.77. The Kier molecular flexibility index (Phi) is 4.11. The first-order valence-corrected chi connectivity index (χ1v) is 10.1. The summed E-state index contributed by atoms with van der Waals surface area (Å²) in [6.45, 7) is 3.75. The zero-order valence-electron chi connectivity index (χ0n) is 15.0. The van der Waals surface area contributed by atoms with E-state index >= 15 is 0 Å². The quantitative estimate of drug-likeness (QED) is 0.759. The molecule has 2 heteroatoms. The third kappa shape index (κ3) is 2.63. The number of hydrogen-bond acceptors (Lipinski definition) is 2. The predicted octanol–water partition coefficient (Wildman–Crippen LogP) is 5.05. The van der Waals surface area contributed by atoms with Gasteiger partial charge in [0, 0.05) is 31.6 Å². The third-order valence-electron chi connectivity index (χ3n) is 6.48. The van der Waals surface area contributed by atoms with Gasteiger partial charge in [0.05, 0.1) is 0 Å². The molecular weight excluding hydrogens is 304 g/mol. The summed E-state index contributed by atoms with van der Waals surface area (Å²) >= 11 is 0. The van der Waals surface area contributed by atoms with Gasteiger partial charge < -0.3 is 0 Å². The molecule has 0 bridgehead atoms. The first-order chi connectivity index (χ1) is 12.4. The highest BCUT2D eigenvalue weighted by Crippen LogP contribution is 2.49. The van der Waals surface area contributed by atoms with Gasteiger partial charge >= 0.3 is 0 Å². The zero-order valence-corrected chi connectivity index (χ0v) is 15.0. The van der Waals surface area contributed by atoms with Gasteiger partial charge in [-0.1, -0.05) is 61.4 Å². The molecule has 1 aliphatic carbocycles. The van der Waals surface area contributed by atoms with Crippen LogP contribution in [0.15, 0.2) is 48.5 Å². The molecule has 0 radical (unpaired) electrons. The van der Waals surface area contributed by atoms with Crippen LogP contribution in [0.1, 0.15) is 55.6 Å². The summed E-state index contributed by atoms with van der Waals surface area (Å²) in [5.74, 6) is 0.537. The van der Waals surface area contributed by atoms with E-state index in [2.05, 4.69) is 58.5 Å². The normalized spacial score (nSPS) is 24.9. The van der Waals surface area contributed by atoms with Crippen molar-refractivity contribution >= 4 is 0 Å². The van der Waals surface area contributed by atoms with Gasteiger partial charge in [-0.15, -0.1) is 0 Å². The fourth-order valence-corrected chi connectivity index (χ4v) is 5.38. The van der Waals surface area contributed by atoms with Gasteiger partial charge in [0.1, 0.15) is 0 Å². The molecule has 2 aromatic rings. The van der Waals surface area contributed by atoms with Crippen LogP contribution in [-0.2, 0) is 0 Å². The summed E-state index contributed by atoms with van der Waals surface area (Å²) in [7, 11) is 0. The van der Waals surface area contributed by atoms with Gasteiger partial charge in [-0.25, -0.2) is 10.0 Å². The Labute approximate surface area is 151 Å². The summed E-state index contributed by atoms with van der Waals surface area (Å²) in [5, 5.41) is 5.46. The number of hydrazine groups is 1. The highest BCUT2D eigenvalue weighted by atomic mass is 15.6. The number of rotatable bonds is 2. The third-order valence-corrected chi connectivity index (χ3v) is 6.48. The van der Waals surface area contributed by atoms with Crippen LogP contribution < -0.4 is 0 Å². The van der Waals surface area contributed by atoms with E-state index in [1.54, 1.807) is 11.1 Å². The van der Waals surface area contributed by atoms with Crippen LogP contribution in [-0.4, -0.2) is 35.7 Å². The van der Waals surface area contributed by atoms with Crippen LogP contribution in [0.25, 0.3) is 11.1 Å². The average molecular weight is 332 g/mol. The molecule has 1 unspecified atom stereocenters. The molecule has 2 aromatic carbocycles. The van der Waals surface area contributed by atoms with Crippen molar-refractivity contribution in [1.82, 2.24) is 10.0 Å². The lowest BCUT2D eigenvalue weighted by Crippen LogP contribution is -2.54. The lowest BCUT2D eigenvalue weighted by Gasteiger charge is -2.47. The maximum Gasteiger partial charge on any atom is 0.0355 e. The van der Waals surface area contributed by atoms with E-state index in [-0.39, 0.29) is 0 Å². The monoisotopic (exact) mass is 332 g/mol. The highest BCUT2D eigenvalue weighted by Gasteiger charge is 2.39. The summed E-state index contributed by atoms with van der Waals surface area (Å²) in [5.41, 5.74) is 6.04. The number of piperidine rings is 2. The molecule has 2 aliphatic heterocycles. The first kappa shape index (κ1) is 15.6. The Hall–Kier alpha value is -1.64. The molecule has 0 saturated carbocycles. The van der Waals surface area contributed by atoms with Gasteiger partial charge in [0.15, 0.2) is 0 Å². The van der Waals surface area contributed by atoms with Crippen molar-refractivity contribution in [2.45, 2.75) is 50.5 Å². The van der Waals surface area contributed by atoms with Gasteiger partial charge in [-0.3, -0.25) is 0 Å². The van der Waals surface area contributed by atoms with E-state index in [0.29, 0.717) is 12.0 Å². The molecule has 0 N–H and O–H groups in total. The van der Waals surface area contributed by atoms with Crippen LogP contribution >= 0.6 is 0 Å². The summed E-state index contributed by atoms with van der Waals surface area (Å²) < 4.78 is 0. The Morgan fingerprint density at radius 3 is 1.92 bits per heavy atom. The smallest absolute Gasteiger partial charge is 0.0355 e. The molecule has 1 atom stereocenters. The lowest BCUT2D eigenvalue weighted by molar-refractivity contribution is -0.0924. The molecule has 5 rings (SSSR count). The predicted molar refractivity (Wildman–Crippen MR) is 103 cm³/mol. The minimum absolute atomic E-state index is 0.537. The molecule has 0 amide bonds. The van der Waals surface area contributed by atoms with E-state index < -0.39 is 0 Å². The van der Waals surface area contributed by atoms with Gasteiger partial charge in [0.2, 0.25) is 0 Å². The van der Waals surface area contributed by atoms with E-state index in [0.717, 1.165) is 0 Å². The highest BCUT2D eigenvalue weighted by molar-refractivity contribution is 5.79. The standard InChI is InChI=1S/C23H28N2/c1-7-15-24(16-8-1)25-17-9-6-14-22(25)23-20-12-4-2-10-18(20)19-11-3-5-13-21(19)23/h2-5,10-13,22-23H,1,6-9,14-17H2. The second-order valence-corrected chi connectivity index (χ2v) is 7.89. The van der Waals surface area contributed by atoms with Crippen LogP contribution in [0.3, 0.4) is 0 Å². The van der Waals surface area contributed by atoms with Crippen molar-refractivity contribution in [1.29, 1.82) is 0 Å². The molecule has 2 fully saturated rings. The summed E-state index contributed by atoms with van der Waals surface area (Å²) in [6.07, 6.45) is 8.18. The SMILES string of the molecule is c1ccc2c(c1)-c1ccccc1C2C1CCCCN1N1CCCCC1. The van der Waals surface area contributed by atoms with Crippen molar-refractivity contribution in [2.24, 2.45) is 0 Å². The zero-order chi connectivity index (χ0) is 16.6. The molecule has 2 saturated heterocycles. The fourth-order valence-electron chi connectivity index (χ4n) is 5.38. The number of benzene rings is 2. The van der Waals surface area contributed by atoms with Crippen molar-refractivity contribution < 1.29 is 0 Å². The molecule has 2 heterocycles. The van der Waals surface area contributed by atoms with Crippen LogP contribution in [0.5, 0.6) is 0 Å². The van der Waals surface area contributed by atoms with Crippen molar-refractivity contribution in [3.8, 4) is 11.1 Å². The molecule has 130 valence electrons. The Morgan fingerprint density at radius 2 is 1.24 bits per heavy atom. The van der Waals surface area contributed by atoms with Gasteiger partial charge in [-0.2, -0.15) is 0 Å². The minimum Gasteiger partial charge on any atom is -0.242 e. The van der Waals surface area contributed by atoms with Gasteiger partial charge in [-0.05, 0) is 47.9 Å². The van der Waals surface area contributed by atoms with Crippen LogP contribution in [0.4, 0.5) is 0 Å². The molecule has 0 spiro atoms. The van der Waals surface area contributed by atoms with Gasteiger partial charge in [0.25, 0.3) is 0 Å². The second-order valence-electron chi connectivity index (χ2n) is 7.89. The summed E-state index contributed by atoms with van der Waals surface area (Å²) in [4.78, 5) is 0. The van der Waals surface area contributed by atoms with E-state index in [1.807, 2.05) is 0 Å². The molecule has 25 heavy (non-hydrogen) atoms. The number of fused-ring (bicyclic) bond motifs is 3. The second kappa shape index (κ2) is 6.59. The van der Waals surface area contributed by atoms with E-state index in [4.69, 9.17) is 0 Å². The Bertz CT molecular complexity index is 702. The summed E-state index contributed by atoms with van der Waals surface area (Å²) in [6, 6.07) is 18.9. The minimum atomic E-state index is 0.537. The largest absolute Gasteiger partial charge is 0.242 e. The molecule has 3 aliphatic rings. The molecule has 0 aromatic heterocycles. The Balaban J connectivity index is 1.56. The maximum absolute atomic E-state index is 2.77. The van der Waals surface area contributed by atoms with Crippen LogP contribution in [0, 0.1) is 0 Å². The van der Waals surface area contributed by atoms with Crippen LogP contribution in [0.2, 0.25) is 0 Å². The Morgan fingerprint density at radius 1 is 0.640 bits per heavy atom. The number of nitrogens with zero attached hydrogens (tertiary/aromatic N) is 2. The van der Waals surface area contributed by atoms with Crippen molar-refractivity contribution in [3.63, 3.8) is 0 Å². The average Bonchev–Trinajstić information content (AvgIpc) is 3.03. The first-order valence-electron chi connectivity index (χ1n) is 10.1. The van der Waals surface area contributed by atoms with Crippen molar-refractivity contribution in [2.75, 3.05) is 19.6 Å². The fraction of sp³-hybridized carbons (Fsp3) is 0.478. The van der Waals surface area contributed by atoms with E-state index in [1.165, 1.54) is 69.3 Å². The van der Waals surface area contributed by atoms with E-state index in [9.17, 15) is 0 Å². The number of hydrogen-bond donors (Lipinski definition) is 0. The molecule has 2 nitrogen and oxygen atoms in total. The topological polar surface area (TPSA) is 6.48 Å².